The van der Waals surface area contributed by atoms with E-state index in [1.807, 2.05) is 36.4 Å². The van der Waals surface area contributed by atoms with Crippen LogP contribution in [0.15, 0.2) is 42.5 Å². The van der Waals surface area contributed by atoms with Crippen molar-refractivity contribution in [3.05, 3.63) is 69.7 Å². The number of aliphatic hydroxyl groups is 1. The summed E-state index contributed by atoms with van der Waals surface area (Å²) in [5.74, 6) is -0.365. The third-order valence-corrected chi connectivity index (χ3v) is 6.24. The van der Waals surface area contributed by atoms with E-state index in [1.165, 1.54) is 11.1 Å². The Bertz CT molecular complexity index is 979. The van der Waals surface area contributed by atoms with Crippen molar-refractivity contribution in [1.82, 2.24) is 10.2 Å². The number of rotatable bonds is 7. The molecule has 0 spiro atoms. The number of fused-ring (bicyclic) bond motifs is 1. The number of urea groups is 1. The third-order valence-electron chi connectivity index (χ3n) is 5.87. The summed E-state index contributed by atoms with van der Waals surface area (Å²) < 4.78 is 5.53. The number of hydrogen-bond acceptors (Lipinski definition) is 4. The van der Waals surface area contributed by atoms with Crippen LogP contribution in [0.1, 0.15) is 35.6 Å². The molecule has 0 saturated carbocycles. The van der Waals surface area contributed by atoms with Gasteiger partial charge in [0.25, 0.3) is 5.91 Å². The Hall–Kier alpha value is -2.41. The number of benzene rings is 2. The van der Waals surface area contributed by atoms with Crippen LogP contribution in [0.5, 0.6) is 0 Å². The molecule has 2 atom stereocenters. The van der Waals surface area contributed by atoms with Crippen molar-refractivity contribution < 1.29 is 19.4 Å². The maximum Gasteiger partial charge on any atom is 0.325 e. The van der Waals surface area contributed by atoms with Crippen LogP contribution < -0.4 is 5.32 Å². The molecule has 1 aliphatic carbocycles. The van der Waals surface area contributed by atoms with Crippen molar-refractivity contribution in [3.8, 4) is 0 Å². The number of aryl methyl sites for hydroxylation is 2. The largest absolute Gasteiger partial charge is 0.389 e. The monoisotopic (exact) mass is 428 g/mol. The molecule has 6 nitrogen and oxygen atoms in total. The first-order valence-electron chi connectivity index (χ1n) is 10.1. The van der Waals surface area contributed by atoms with Crippen LogP contribution in [-0.2, 0) is 34.5 Å². The van der Waals surface area contributed by atoms with Gasteiger partial charge in [0.2, 0.25) is 0 Å². The van der Waals surface area contributed by atoms with Gasteiger partial charge in [-0.1, -0.05) is 48.0 Å². The van der Waals surface area contributed by atoms with E-state index in [4.69, 9.17) is 16.3 Å². The first-order valence-corrected chi connectivity index (χ1v) is 10.5. The maximum atomic E-state index is 13.1. The van der Waals surface area contributed by atoms with Crippen molar-refractivity contribution in [1.29, 1.82) is 0 Å². The van der Waals surface area contributed by atoms with Crippen LogP contribution in [-0.4, -0.2) is 41.2 Å². The zero-order valence-electron chi connectivity index (χ0n) is 16.9. The molecule has 2 aromatic carbocycles. The summed E-state index contributed by atoms with van der Waals surface area (Å²) in [7, 11) is 0. The molecule has 4 rings (SSSR count). The first kappa shape index (κ1) is 20.8. The number of nitrogens with zero attached hydrogens (tertiary/aromatic N) is 1. The lowest BCUT2D eigenvalue weighted by molar-refractivity contribution is -0.132. The van der Waals surface area contributed by atoms with Crippen LogP contribution in [0.2, 0.25) is 5.02 Å². The average molecular weight is 429 g/mol. The number of hydrogen-bond donors (Lipinski definition) is 2. The number of ether oxygens (including phenoxy) is 1. The molecule has 3 amide bonds. The SMILES string of the molecule is CC1(c2ccc3c(c2)CCC3)NC(=O)N(CC(O)COCc2ccccc2Cl)C1=O. The highest BCUT2D eigenvalue weighted by atomic mass is 35.5. The minimum atomic E-state index is -1.13. The van der Waals surface area contributed by atoms with E-state index in [9.17, 15) is 14.7 Å². The van der Waals surface area contributed by atoms with Gasteiger partial charge in [-0.15, -0.1) is 0 Å². The Morgan fingerprint density at radius 1 is 1.20 bits per heavy atom. The van der Waals surface area contributed by atoms with Gasteiger partial charge < -0.3 is 15.2 Å². The number of amides is 3. The molecular weight excluding hydrogens is 404 g/mol. The summed E-state index contributed by atoms with van der Waals surface area (Å²) in [5, 5.41) is 13.7. The summed E-state index contributed by atoms with van der Waals surface area (Å²) in [6.07, 6.45) is 2.16. The van der Waals surface area contributed by atoms with Crippen molar-refractivity contribution in [2.45, 2.75) is 44.4 Å². The second kappa shape index (κ2) is 8.38. The highest BCUT2D eigenvalue weighted by Crippen LogP contribution is 2.32. The molecule has 0 radical (unpaired) electrons. The number of β-amino-alcohol motifs (C(OH)–C–C–N with tert-alkyl or cyclic N) is 1. The molecule has 2 unspecified atom stereocenters. The number of carbonyl (C=O) groups excluding carboxylic acids is 2. The number of nitrogens with one attached hydrogen (secondary N) is 1. The number of carbonyl (C=O) groups is 2. The van der Waals surface area contributed by atoms with E-state index in [-0.39, 0.29) is 25.7 Å². The molecule has 1 aliphatic heterocycles. The van der Waals surface area contributed by atoms with Gasteiger partial charge in [-0.25, -0.2) is 4.79 Å². The Morgan fingerprint density at radius 3 is 2.77 bits per heavy atom. The Balaban J connectivity index is 1.38. The highest BCUT2D eigenvalue weighted by Gasteiger charge is 2.49. The molecule has 2 aromatic rings. The molecule has 0 aromatic heterocycles. The van der Waals surface area contributed by atoms with Crippen LogP contribution in [0.3, 0.4) is 0 Å². The van der Waals surface area contributed by atoms with Gasteiger partial charge in [-0.3, -0.25) is 9.69 Å². The Labute approximate surface area is 180 Å². The first-order chi connectivity index (χ1) is 14.4. The zero-order chi connectivity index (χ0) is 21.3. The molecule has 158 valence electrons. The third kappa shape index (κ3) is 3.95. The lowest BCUT2D eigenvalue weighted by Crippen LogP contribution is -2.42. The van der Waals surface area contributed by atoms with Crippen LogP contribution in [0.4, 0.5) is 4.79 Å². The fourth-order valence-electron chi connectivity index (χ4n) is 4.13. The van der Waals surface area contributed by atoms with Gasteiger partial charge in [0.05, 0.1) is 25.9 Å². The van der Waals surface area contributed by atoms with Gasteiger partial charge in [0.1, 0.15) is 5.54 Å². The van der Waals surface area contributed by atoms with Gasteiger partial charge in [-0.05, 0) is 54.5 Å². The standard InChI is InChI=1S/C23H25ClN2O4/c1-23(18-10-9-15-6-4-7-16(15)11-18)21(28)26(22(29)25-23)12-19(27)14-30-13-17-5-2-3-8-20(17)24/h2-3,5,8-11,19,27H,4,6-7,12-14H2,1H3,(H,25,29). The number of aliphatic hydroxyl groups excluding tert-OH is 1. The second-order valence-corrected chi connectivity index (χ2v) is 8.48. The normalized spacial score (nSPS) is 21.6. The summed E-state index contributed by atoms with van der Waals surface area (Å²) in [6.45, 7) is 1.81. The van der Waals surface area contributed by atoms with E-state index in [0.717, 1.165) is 35.3 Å². The van der Waals surface area contributed by atoms with Gasteiger partial charge >= 0.3 is 6.03 Å². The minimum absolute atomic E-state index is 0.0160. The summed E-state index contributed by atoms with van der Waals surface area (Å²) >= 11 is 6.09. The van der Waals surface area contributed by atoms with E-state index in [2.05, 4.69) is 5.32 Å². The summed E-state index contributed by atoms with van der Waals surface area (Å²) in [4.78, 5) is 26.7. The Kier molecular flexibility index (Phi) is 5.82. The Morgan fingerprint density at radius 2 is 1.97 bits per heavy atom. The van der Waals surface area contributed by atoms with Gasteiger partial charge in [0, 0.05) is 5.02 Å². The minimum Gasteiger partial charge on any atom is -0.389 e. The quantitative estimate of drug-likeness (QED) is 0.664. The maximum absolute atomic E-state index is 13.1. The summed E-state index contributed by atoms with van der Waals surface area (Å²) in [5.41, 5.74) is 3.00. The van der Waals surface area contributed by atoms with Crippen molar-refractivity contribution in [2.75, 3.05) is 13.2 Å². The predicted octanol–water partition coefficient (Wildman–Crippen LogP) is 3.17. The topological polar surface area (TPSA) is 78.9 Å². The molecule has 1 fully saturated rings. The number of halogens is 1. The molecule has 1 heterocycles. The molecule has 2 N–H and O–H groups in total. The number of imide groups is 1. The van der Waals surface area contributed by atoms with E-state index in [1.54, 1.807) is 13.0 Å². The fraction of sp³-hybridized carbons (Fsp3) is 0.391. The highest BCUT2D eigenvalue weighted by molar-refractivity contribution is 6.31. The molecule has 0 bridgehead atoms. The van der Waals surface area contributed by atoms with E-state index < -0.39 is 17.7 Å². The van der Waals surface area contributed by atoms with Crippen molar-refractivity contribution in [2.24, 2.45) is 0 Å². The fourth-order valence-corrected chi connectivity index (χ4v) is 4.32. The van der Waals surface area contributed by atoms with Crippen LogP contribution >= 0.6 is 11.6 Å². The lowest BCUT2D eigenvalue weighted by Gasteiger charge is -2.24. The predicted molar refractivity (Wildman–Crippen MR) is 113 cm³/mol. The average Bonchev–Trinajstić information content (AvgIpc) is 3.28. The molecule has 2 aliphatic rings. The molecule has 1 saturated heterocycles. The molecule has 30 heavy (non-hydrogen) atoms. The summed E-state index contributed by atoms with van der Waals surface area (Å²) in [6, 6.07) is 12.8. The van der Waals surface area contributed by atoms with Crippen molar-refractivity contribution >= 4 is 23.5 Å². The second-order valence-electron chi connectivity index (χ2n) is 8.07. The molecular formula is C23H25ClN2O4. The van der Waals surface area contributed by atoms with E-state index >= 15 is 0 Å². The molecule has 7 heteroatoms. The smallest absolute Gasteiger partial charge is 0.325 e. The lowest BCUT2D eigenvalue weighted by atomic mass is 9.89. The van der Waals surface area contributed by atoms with E-state index in [0.29, 0.717) is 5.02 Å². The van der Waals surface area contributed by atoms with Crippen LogP contribution in [0.25, 0.3) is 0 Å². The van der Waals surface area contributed by atoms with Gasteiger partial charge in [-0.2, -0.15) is 0 Å². The van der Waals surface area contributed by atoms with Crippen molar-refractivity contribution in [3.63, 3.8) is 0 Å². The van der Waals surface area contributed by atoms with Crippen LogP contribution in [0, 0.1) is 0 Å². The zero-order valence-corrected chi connectivity index (χ0v) is 17.6. The van der Waals surface area contributed by atoms with Gasteiger partial charge in [0.15, 0.2) is 0 Å².